The van der Waals surface area contributed by atoms with Crippen LogP contribution in [0.5, 0.6) is 0 Å². The highest BCUT2D eigenvalue weighted by Crippen LogP contribution is 2.48. The summed E-state index contributed by atoms with van der Waals surface area (Å²) in [6, 6.07) is 0. The van der Waals surface area contributed by atoms with Gasteiger partial charge in [0.25, 0.3) is 0 Å². The van der Waals surface area contributed by atoms with E-state index in [0.29, 0.717) is 11.6 Å². The molecule has 0 aromatic rings. The van der Waals surface area contributed by atoms with Gasteiger partial charge in [-0.1, -0.05) is 12.0 Å². The second-order valence-corrected chi connectivity index (χ2v) is 3.41. The van der Waals surface area contributed by atoms with Crippen molar-refractivity contribution in [2.45, 2.75) is 12.6 Å². The Morgan fingerprint density at radius 3 is 2.47 bits per heavy atom. The van der Waals surface area contributed by atoms with E-state index in [4.69, 9.17) is 6.42 Å². The lowest BCUT2D eigenvalue weighted by atomic mass is 9.72. The minimum Gasteiger partial charge on any atom is -0.206 e. The second-order valence-electron chi connectivity index (χ2n) is 3.41. The average Bonchev–Trinajstić information content (AvgIpc) is 2.07. The van der Waals surface area contributed by atoms with Crippen LogP contribution in [0.25, 0.3) is 0 Å². The van der Waals surface area contributed by atoms with E-state index in [2.05, 4.69) is 5.92 Å². The molecule has 0 N–H and O–H groups in total. The maximum absolute atomic E-state index is 13.2. The van der Waals surface area contributed by atoms with Crippen LogP contribution in [0.2, 0.25) is 0 Å². The Labute approximate surface area is 84.0 Å². The quantitative estimate of drug-likeness (QED) is 0.428. The summed E-state index contributed by atoms with van der Waals surface area (Å²) in [6.07, 6.45) is 2.88. The van der Waals surface area contributed by atoms with Crippen molar-refractivity contribution in [3.05, 3.63) is 34.7 Å². The van der Waals surface area contributed by atoms with Crippen molar-refractivity contribution in [3.8, 4) is 12.3 Å². The first kappa shape index (κ1) is 10.0. The van der Waals surface area contributed by atoms with Gasteiger partial charge in [-0.3, -0.25) is 0 Å². The van der Waals surface area contributed by atoms with Gasteiger partial charge in [-0.15, -0.1) is 6.42 Å². The van der Waals surface area contributed by atoms with Crippen LogP contribution in [0.3, 0.4) is 0 Å². The van der Waals surface area contributed by atoms with Gasteiger partial charge in [0.2, 0.25) is 0 Å². The van der Waals surface area contributed by atoms with E-state index in [1.807, 2.05) is 0 Å². The normalized spacial score (nSPS) is 24.9. The molecule has 0 heterocycles. The van der Waals surface area contributed by atoms with Gasteiger partial charge in [0.15, 0.2) is 0 Å². The Hall–Kier alpha value is -1.50. The van der Waals surface area contributed by atoms with E-state index >= 15 is 0 Å². The molecular weight excluding hydrogens is 208 g/mol. The second kappa shape index (κ2) is 2.99. The smallest absolute Gasteiger partial charge is 0.206 e. The number of terminal acetylenes is 1. The molecule has 0 spiro atoms. The van der Waals surface area contributed by atoms with Crippen LogP contribution in [-0.2, 0) is 0 Å². The maximum Gasteiger partial charge on any atom is 0.413 e. The van der Waals surface area contributed by atoms with Crippen LogP contribution in [0.4, 0.5) is 17.6 Å². The zero-order valence-electron chi connectivity index (χ0n) is 7.53. The van der Waals surface area contributed by atoms with E-state index in [1.165, 1.54) is 6.08 Å². The minimum absolute atomic E-state index is 0.0424. The fourth-order valence-corrected chi connectivity index (χ4v) is 1.80. The molecule has 1 atom stereocenters. The monoisotopic (exact) mass is 214 g/mol. The molecule has 0 unspecified atom stereocenters. The van der Waals surface area contributed by atoms with Crippen molar-refractivity contribution in [1.82, 2.24) is 0 Å². The molecule has 0 saturated carbocycles. The number of halogens is 4. The van der Waals surface area contributed by atoms with Gasteiger partial charge in [-0.25, -0.2) is 4.39 Å². The molecule has 0 radical (unpaired) electrons. The molecule has 78 valence electrons. The van der Waals surface area contributed by atoms with Crippen molar-refractivity contribution >= 4 is 0 Å². The van der Waals surface area contributed by atoms with Gasteiger partial charge >= 0.3 is 6.18 Å². The van der Waals surface area contributed by atoms with Crippen LogP contribution < -0.4 is 0 Å². The van der Waals surface area contributed by atoms with E-state index in [1.54, 1.807) is 0 Å². The molecule has 0 fully saturated rings. The van der Waals surface area contributed by atoms with E-state index in [-0.39, 0.29) is 12.0 Å². The third-order valence-electron chi connectivity index (χ3n) is 2.61. The van der Waals surface area contributed by atoms with Crippen molar-refractivity contribution in [1.29, 1.82) is 0 Å². The van der Waals surface area contributed by atoms with Crippen LogP contribution >= 0.6 is 0 Å². The van der Waals surface area contributed by atoms with Gasteiger partial charge in [0.1, 0.15) is 5.83 Å². The van der Waals surface area contributed by atoms with Gasteiger partial charge in [0, 0.05) is 11.5 Å². The molecule has 0 amide bonds. The van der Waals surface area contributed by atoms with E-state index in [9.17, 15) is 17.6 Å². The highest BCUT2D eigenvalue weighted by molar-refractivity contribution is 5.59. The zero-order chi connectivity index (χ0) is 11.2. The maximum atomic E-state index is 13.2. The Morgan fingerprint density at radius 1 is 1.40 bits per heavy atom. The first-order valence-corrected chi connectivity index (χ1v) is 4.30. The van der Waals surface area contributed by atoms with E-state index in [0.717, 1.165) is 0 Å². The molecule has 0 aromatic carbocycles. The van der Waals surface area contributed by atoms with Gasteiger partial charge in [-0.2, -0.15) is 13.2 Å². The predicted molar refractivity (Wildman–Crippen MR) is 47.3 cm³/mol. The lowest BCUT2D eigenvalue weighted by molar-refractivity contribution is -0.0985. The molecule has 0 nitrogen and oxygen atoms in total. The summed E-state index contributed by atoms with van der Waals surface area (Å²) in [7, 11) is 0. The minimum atomic E-state index is -4.48. The summed E-state index contributed by atoms with van der Waals surface area (Å²) in [5.41, 5.74) is -0.583. The number of hydrogen-bond donors (Lipinski definition) is 0. The van der Waals surface area contributed by atoms with Gasteiger partial charge in [0.05, 0.1) is 5.57 Å². The van der Waals surface area contributed by atoms with Crippen LogP contribution in [0.1, 0.15) is 6.42 Å². The number of rotatable bonds is 0. The third kappa shape index (κ3) is 1.39. The van der Waals surface area contributed by atoms with Gasteiger partial charge < -0.3 is 0 Å². The largest absolute Gasteiger partial charge is 0.413 e. The molecule has 2 aliphatic carbocycles. The van der Waals surface area contributed by atoms with Crippen molar-refractivity contribution in [2.24, 2.45) is 5.92 Å². The molecule has 2 aliphatic rings. The lowest BCUT2D eigenvalue weighted by Crippen LogP contribution is -2.28. The third-order valence-corrected chi connectivity index (χ3v) is 2.61. The number of allylic oxidation sites excluding steroid dienone is 6. The molecule has 2 rings (SSSR count). The molecule has 15 heavy (non-hydrogen) atoms. The molecule has 0 aromatic heterocycles. The molecule has 0 bridgehead atoms. The first-order valence-electron chi connectivity index (χ1n) is 4.30. The summed E-state index contributed by atoms with van der Waals surface area (Å²) in [4.78, 5) is 0. The van der Waals surface area contributed by atoms with E-state index < -0.39 is 23.5 Å². The summed E-state index contributed by atoms with van der Waals surface area (Å²) >= 11 is 0. The number of fused-ring (bicyclic) bond motifs is 1. The van der Waals surface area contributed by atoms with Crippen molar-refractivity contribution < 1.29 is 17.6 Å². The molecule has 0 aliphatic heterocycles. The zero-order valence-corrected chi connectivity index (χ0v) is 7.53. The predicted octanol–water partition coefficient (Wildman–Crippen LogP) is 3.29. The summed E-state index contributed by atoms with van der Waals surface area (Å²) in [6.45, 7) is 0. The van der Waals surface area contributed by atoms with Crippen LogP contribution in [-0.4, -0.2) is 6.18 Å². The highest BCUT2D eigenvalue weighted by Gasteiger charge is 2.45. The summed E-state index contributed by atoms with van der Waals surface area (Å²) in [5, 5.41) is 0. The van der Waals surface area contributed by atoms with Crippen LogP contribution in [0.15, 0.2) is 34.7 Å². The molecule has 4 heteroatoms. The number of alkyl halides is 3. The summed E-state index contributed by atoms with van der Waals surface area (Å²) < 4.78 is 50.6. The SMILES string of the molecule is C#CC1=C(F)C=C(C(F)(F)F)[C@@H]2CC=C12. The summed E-state index contributed by atoms with van der Waals surface area (Å²) in [5.74, 6) is 0.348. The average molecular weight is 214 g/mol. The first-order chi connectivity index (χ1) is 6.95. The topological polar surface area (TPSA) is 0 Å². The Kier molecular flexibility index (Phi) is 2.00. The van der Waals surface area contributed by atoms with Crippen molar-refractivity contribution in [2.75, 3.05) is 0 Å². The lowest BCUT2D eigenvalue weighted by Gasteiger charge is -2.33. The Morgan fingerprint density at radius 2 is 2.07 bits per heavy atom. The van der Waals surface area contributed by atoms with Gasteiger partial charge in [-0.05, 0) is 18.1 Å². The Balaban J connectivity index is 2.52. The van der Waals surface area contributed by atoms with Crippen molar-refractivity contribution in [3.63, 3.8) is 0 Å². The molecular formula is C11H6F4. The molecule has 0 saturated heterocycles. The highest BCUT2D eigenvalue weighted by atomic mass is 19.4. The Bertz CT molecular complexity index is 440. The fourth-order valence-electron chi connectivity index (χ4n) is 1.80. The van der Waals surface area contributed by atoms with Crippen LogP contribution in [0, 0.1) is 18.3 Å². The fraction of sp³-hybridized carbons (Fsp3) is 0.273. The number of hydrogen-bond acceptors (Lipinski definition) is 0. The standard InChI is InChI=1S/C11H6F4/c1-2-6-7-3-4-8(7)9(5-10(6)12)11(13,14)15/h1,3,5,8H,4H2/t8-/m1/s1.